The highest BCUT2D eigenvalue weighted by Crippen LogP contribution is 2.19. The quantitative estimate of drug-likeness (QED) is 0.548. The number of nitriles is 1. The number of halogens is 2. The lowest BCUT2D eigenvalue weighted by Crippen LogP contribution is -2.16. The Hall–Kier alpha value is -3.86. The van der Waals surface area contributed by atoms with Crippen molar-refractivity contribution < 1.29 is 8.78 Å². The van der Waals surface area contributed by atoms with Crippen molar-refractivity contribution in [1.29, 1.82) is 5.26 Å². The Morgan fingerprint density at radius 1 is 1.26 bits per heavy atom. The largest absolute Gasteiger partial charge is 0.290 e. The van der Waals surface area contributed by atoms with E-state index in [2.05, 4.69) is 20.5 Å². The molecule has 2 aromatic carbocycles. The summed E-state index contributed by atoms with van der Waals surface area (Å²) in [5, 5.41) is 13.1. The van der Waals surface area contributed by atoms with Crippen molar-refractivity contribution in [2.45, 2.75) is 6.92 Å². The van der Waals surface area contributed by atoms with Gasteiger partial charge in [0.05, 0.1) is 11.9 Å². The van der Waals surface area contributed by atoms with E-state index < -0.39 is 17.2 Å². The van der Waals surface area contributed by atoms with Gasteiger partial charge in [-0.15, -0.1) is 0 Å². The fraction of sp³-hybridized carbons (Fsp3) is 0.0526. The summed E-state index contributed by atoms with van der Waals surface area (Å²) in [6.07, 6.45) is 1.21. The average Bonchev–Trinajstić information content (AvgIpc) is 2.66. The number of aromatic amines is 1. The molecule has 8 heteroatoms. The van der Waals surface area contributed by atoms with Gasteiger partial charge in [0.2, 0.25) is 5.95 Å². The predicted octanol–water partition coefficient (Wildman–Crippen LogP) is 3.34. The van der Waals surface area contributed by atoms with Crippen LogP contribution in [0.25, 0.3) is 11.3 Å². The molecule has 0 aliphatic heterocycles. The van der Waals surface area contributed by atoms with Gasteiger partial charge in [-0.2, -0.15) is 10.4 Å². The molecule has 0 saturated carbocycles. The standard InChI is InChI=1S/C19H13F2N5O/c1-11-13(7-14(20)8-16(11)21)10-23-26-19-24-17(12-5-3-2-4-6-12)15(9-22)18(27)25-19/h2-8,10H,1H3,(H2,24,25,26,27). The molecule has 0 atom stereocenters. The summed E-state index contributed by atoms with van der Waals surface area (Å²) < 4.78 is 26.9. The van der Waals surface area contributed by atoms with Gasteiger partial charge in [0.25, 0.3) is 5.56 Å². The number of H-pyrrole nitrogens is 1. The number of rotatable bonds is 4. The summed E-state index contributed by atoms with van der Waals surface area (Å²) in [7, 11) is 0. The molecule has 3 aromatic rings. The maximum absolute atomic E-state index is 13.6. The molecule has 0 saturated heterocycles. The van der Waals surface area contributed by atoms with E-state index in [-0.39, 0.29) is 28.3 Å². The summed E-state index contributed by atoms with van der Waals surface area (Å²) in [6.45, 7) is 1.49. The maximum atomic E-state index is 13.6. The van der Waals surface area contributed by atoms with Crippen molar-refractivity contribution in [3.63, 3.8) is 0 Å². The molecule has 134 valence electrons. The second kappa shape index (κ2) is 7.58. The number of benzene rings is 2. The van der Waals surface area contributed by atoms with Crippen LogP contribution in [-0.4, -0.2) is 16.2 Å². The van der Waals surface area contributed by atoms with Crippen molar-refractivity contribution >= 4 is 12.2 Å². The molecule has 1 heterocycles. The fourth-order valence-corrected chi connectivity index (χ4v) is 2.40. The SMILES string of the molecule is Cc1c(F)cc(F)cc1C=NNc1nc(-c2ccccc2)c(C#N)c(=O)[nH]1. The van der Waals surface area contributed by atoms with Crippen LogP contribution in [0, 0.1) is 29.9 Å². The minimum Gasteiger partial charge on any atom is -0.290 e. The van der Waals surface area contributed by atoms with Gasteiger partial charge in [-0.25, -0.2) is 19.2 Å². The third kappa shape index (κ3) is 3.88. The molecule has 1 aromatic heterocycles. The molecule has 0 fully saturated rings. The Morgan fingerprint density at radius 2 is 2.00 bits per heavy atom. The number of nitrogens with one attached hydrogen (secondary N) is 2. The van der Waals surface area contributed by atoms with E-state index in [4.69, 9.17) is 0 Å². The molecule has 0 bridgehead atoms. The first-order chi connectivity index (χ1) is 13.0. The summed E-state index contributed by atoms with van der Waals surface area (Å²) in [6, 6.07) is 12.5. The van der Waals surface area contributed by atoms with Crippen LogP contribution >= 0.6 is 0 Å². The second-order valence-electron chi connectivity index (χ2n) is 5.59. The first kappa shape index (κ1) is 17.9. The van der Waals surface area contributed by atoms with Crippen LogP contribution in [0.2, 0.25) is 0 Å². The van der Waals surface area contributed by atoms with Crippen LogP contribution in [-0.2, 0) is 0 Å². The van der Waals surface area contributed by atoms with Gasteiger partial charge >= 0.3 is 0 Å². The zero-order chi connectivity index (χ0) is 19.4. The van der Waals surface area contributed by atoms with E-state index in [9.17, 15) is 18.8 Å². The van der Waals surface area contributed by atoms with Crippen molar-refractivity contribution in [3.8, 4) is 17.3 Å². The Labute approximate surface area is 152 Å². The molecule has 27 heavy (non-hydrogen) atoms. The first-order valence-electron chi connectivity index (χ1n) is 7.84. The van der Waals surface area contributed by atoms with Gasteiger partial charge in [0.15, 0.2) is 0 Å². The van der Waals surface area contributed by atoms with Crippen LogP contribution in [0.1, 0.15) is 16.7 Å². The fourth-order valence-electron chi connectivity index (χ4n) is 2.40. The Bertz CT molecular complexity index is 1120. The van der Waals surface area contributed by atoms with Crippen molar-refractivity contribution in [2.75, 3.05) is 5.43 Å². The predicted molar refractivity (Wildman–Crippen MR) is 97.3 cm³/mol. The molecule has 2 N–H and O–H groups in total. The molecule has 0 radical (unpaired) electrons. The Morgan fingerprint density at radius 3 is 2.70 bits per heavy atom. The highest BCUT2D eigenvalue weighted by molar-refractivity contribution is 5.82. The van der Waals surface area contributed by atoms with Crippen LogP contribution < -0.4 is 11.0 Å². The molecule has 0 aliphatic rings. The number of nitrogens with zero attached hydrogens (tertiary/aromatic N) is 3. The van der Waals surface area contributed by atoms with E-state index in [1.54, 1.807) is 30.3 Å². The highest BCUT2D eigenvalue weighted by Gasteiger charge is 2.13. The summed E-state index contributed by atoms with van der Waals surface area (Å²) in [5.74, 6) is -1.42. The van der Waals surface area contributed by atoms with Crippen molar-refractivity contribution in [1.82, 2.24) is 9.97 Å². The van der Waals surface area contributed by atoms with Gasteiger partial charge in [0, 0.05) is 17.2 Å². The van der Waals surface area contributed by atoms with E-state index in [0.29, 0.717) is 5.56 Å². The van der Waals surface area contributed by atoms with Crippen molar-refractivity contribution in [2.24, 2.45) is 5.10 Å². The van der Waals surface area contributed by atoms with Crippen LogP contribution in [0.15, 0.2) is 52.4 Å². The van der Waals surface area contributed by atoms with Gasteiger partial charge in [-0.3, -0.25) is 9.78 Å². The zero-order valence-electron chi connectivity index (χ0n) is 14.1. The lowest BCUT2D eigenvalue weighted by molar-refractivity contribution is 0.577. The number of hydrogen-bond acceptors (Lipinski definition) is 5. The van der Waals surface area contributed by atoms with E-state index in [1.807, 2.05) is 6.07 Å². The second-order valence-corrected chi connectivity index (χ2v) is 5.59. The minimum absolute atomic E-state index is 0.0105. The van der Waals surface area contributed by atoms with Crippen LogP contribution in [0.5, 0.6) is 0 Å². The molecule has 0 aliphatic carbocycles. The van der Waals surface area contributed by atoms with Gasteiger partial charge in [-0.05, 0) is 18.6 Å². The molecular weight excluding hydrogens is 352 g/mol. The van der Waals surface area contributed by atoms with Crippen LogP contribution in [0.4, 0.5) is 14.7 Å². The third-order valence-electron chi connectivity index (χ3n) is 3.80. The van der Waals surface area contributed by atoms with E-state index in [1.165, 1.54) is 13.1 Å². The van der Waals surface area contributed by atoms with Gasteiger partial charge in [-0.1, -0.05) is 30.3 Å². The maximum Gasteiger partial charge on any atom is 0.270 e. The zero-order valence-corrected chi connectivity index (χ0v) is 14.1. The average molecular weight is 365 g/mol. The summed E-state index contributed by atoms with van der Waals surface area (Å²) >= 11 is 0. The lowest BCUT2D eigenvalue weighted by Gasteiger charge is -2.06. The molecule has 3 rings (SSSR count). The third-order valence-corrected chi connectivity index (χ3v) is 3.80. The monoisotopic (exact) mass is 365 g/mol. The molecule has 0 amide bonds. The first-order valence-corrected chi connectivity index (χ1v) is 7.84. The van der Waals surface area contributed by atoms with Crippen LogP contribution in [0.3, 0.4) is 0 Å². The summed E-state index contributed by atoms with van der Waals surface area (Å²) in [4.78, 5) is 18.7. The highest BCUT2D eigenvalue weighted by atomic mass is 19.1. The number of anilines is 1. The van der Waals surface area contributed by atoms with Gasteiger partial charge in [0.1, 0.15) is 23.3 Å². The van der Waals surface area contributed by atoms with E-state index >= 15 is 0 Å². The van der Waals surface area contributed by atoms with Crippen molar-refractivity contribution in [3.05, 3.63) is 81.1 Å². The van der Waals surface area contributed by atoms with Gasteiger partial charge < -0.3 is 0 Å². The van der Waals surface area contributed by atoms with E-state index in [0.717, 1.165) is 12.1 Å². The molecule has 0 unspecified atom stereocenters. The summed E-state index contributed by atoms with van der Waals surface area (Å²) in [5.41, 5.74) is 3.02. The molecule has 6 nitrogen and oxygen atoms in total. The smallest absolute Gasteiger partial charge is 0.270 e. The minimum atomic E-state index is -0.726. The number of hydrazone groups is 1. The topological polar surface area (TPSA) is 93.9 Å². The Kier molecular flexibility index (Phi) is 5.04. The molecule has 0 spiro atoms. The number of hydrogen-bond donors (Lipinski definition) is 2. The Balaban J connectivity index is 1.94. The molecular formula is C19H13F2N5O. The number of aromatic nitrogens is 2. The lowest BCUT2D eigenvalue weighted by atomic mass is 10.1. The normalized spacial score (nSPS) is 10.7.